The molecule has 3 aliphatic rings. The first-order valence-corrected chi connectivity index (χ1v) is 8.03. The highest BCUT2D eigenvalue weighted by Gasteiger charge is 2.52. The Kier molecular flexibility index (Phi) is 5.77. The second-order valence-electron chi connectivity index (χ2n) is 6.29. The van der Waals surface area contributed by atoms with Crippen LogP contribution in [0, 0.1) is 5.92 Å². The molecule has 3 fully saturated rings. The van der Waals surface area contributed by atoms with Gasteiger partial charge in [-0.05, 0) is 18.8 Å². The molecule has 2 saturated heterocycles. The number of hydrogen-bond acceptors (Lipinski definition) is 4. The Hall–Kier alpha value is -0.0700. The minimum atomic E-state index is -0.647. The third-order valence-electron chi connectivity index (χ3n) is 5.00. The summed E-state index contributed by atoms with van der Waals surface area (Å²) < 4.78 is 5.49. The fourth-order valence-corrected chi connectivity index (χ4v) is 4.24. The number of amides is 1. The van der Waals surface area contributed by atoms with Crippen LogP contribution in [0.5, 0.6) is 0 Å². The molecule has 7 heteroatoms. The van der Waals surface area contributed by atoms with Gasteiger partial charge in [0.25, 0.3) is 0 Å². The Morgan fingerprint density at radius 1 is 1.33 bits per heavy atom. The van der Waals surface area contributed by atoms with E-state index in [1.807, 2.05) is 0 Å². The van der Waals surface area contributed by atoms with Crippen molar-refractivity contribution in [3.05, 3.63) is 0 Å². The normalized spacial score (nSPS) is 38.0. The second-order valence-corrected chi connectivity index (χ2v) is 6.85. The van der Waals surface area contributed by atoms with Gasteiger partial charge in [0.2, 0.25) is 5.91 Å². The fourth-order valence-electron chi connectivity index (χ4n) is 3.87. The lowest BCUT2D eigenvalue weighted by molar-refractivity contribution is -0.136. The minimum Gasteiger partial charge on any atom is -0.388 e. The lowest BCUT2D eigenvalue weighted by Gasteiger charge is -2.32. The number of aliphatic hydroxyl groups is 1. The molecule has 3 N–H and O–H groups in total. The molecular weight excluding hydrogens is 315 g/mol. The van der Waals surface area contributed by atoms with Gasteiger partial charge in [-0.15, -0.1) is 24.0 Å². The summed E-state index contributed by atoms with van der Waals surface area (Å²) in [6.45, 7) is 0.675. The molecule has 122 valence electrons. The van der Waals surface area contributed by atoms with E-state index < -0.39 is 12.1 Å². The number of hydrogen-bond donors (Lipinski definition) is 2. The van der Waals surface area contributed by atoms with E-state index in [4.69, 9.17) is 22.1 Å². The summed E-state index contributed by atoms with van der Waals surface area (Å²) >= 11 is 6.24. The van der Waals surface area contributed by atoms with Gasteiger partial charge >= 0.3 is 0 Å². The lowest BCUT2D eigenvalue weighted by Crippen LogP contribution is -2.53. The highest BCUT2D eigenvalue weighted by atomic mass is 35.5. The maximum Gasteiger partial charge on any atom is 0.240 e. The standard InChI is InChI=1S/C14H23ClN2O3.ClH/c15-9-6-17(12-10(18)7-20-13(9)12)14(19)11(16)8-4-2-1-3-5-8;/h8-13,18H,1-7,16H2;1H/t9-,10-,11?,12+,13+;/m0./s1. The molecule has 1 saturated carbocycles. The van der Waals surface area contributed by atoms with Gasteiger partial charge < -0.3 is 20.5 Å². The van der Waals surface area contributed by atoms with Crippen molar-refractivity contribution in [2.24, 2.45) is 11.7 Å². The van der Waals surface area contributed by atoms with Gasteiger partial charge in [-0.2, -0.15) is 0 Å². The molecule has 3 rings (SSSR count). The first kappa shape index (κ1) is 17.3. The zero-order chi connectivity index (χ0) is 14.3. The van der Waals surface area contributed by atoms with Crippen LogP contribution in [-0.4, -0.2) is 58.7 Å². The van der Waals surface area contributed by atoms with Crippen LogP contribution in [0.3, 0.4) is 0 Å². The van der Waals surface area contributed by atoms with Crippen LogP contribution in [0.25, 0.3) is 0 Å². The maximum absolute atomic E-state index is 12.7. The Morgan fingerprint density at radius 2 is 2.00 bits per heavy atom. The van der Waals surface area contributed by atoms with E-state index in [1.54, 1.807) is 4.90 Å². The smallest absolute Gasteiger partial charge is 0.240 e. The van der Waals surface area contributed by atoms with Crippen molar-refractivity contribution in [3.63, 3.8) is 0 Å². The van der Waals surface area contributed by atoms with Gasteiger partial charge in [0.15, 0.2) is 0 Å². The molecule has 1 amide bonds. The van der Waals surface area contributed by atoms with Crippen molar-refractivity contribution >= 4 is 29.9 Å². The van der Waals surface area contributed by atoms with Gasteiger partial charge in [0.05, 0.1) is 30.2 Å². The molecule has 0 aromatic heterocycles. The Bertz CT molecular complexity index is 379. The number of nitrogens with zero attached hydrogens (tertiary/aromatic N) is 1. The van der Waals surface area contributed by atoms with Gasteiger partial charge in [-0.3, -0.25) is 4.79 Å². The molecule has 5 atom stereocenters. The molecular formula is C14H24Cl2N2O3. The average molecular weight is 339 g/mol. The van der Waals surface area contributed by atoms with Gasteiger partial charge in [-0.1, -0.05) is 19.3 Å². The topological polar surface area (TPSA) is 75.8 Å². The zero-order valence-corrected chi connectivity index (χ0v) is 13.6. The van der Waals surface area contributed by atoms with Crippen LogP contribution < -0.4 is 5.73 Å². The predicted molar refractivity (Wildman–Crippen MR) is 82.7 cm³/mol. The summed E-state index contributed by atoms with van der Waals surface area (Å²) in [6, 6.07) is -0.787. The molecule has 21 heavy (non-hydrogen) atoms. The zero-order valence-electron chi connectivity index (χ0n) is 12.0. The quantitative estimate of drug-likeness (QED) is 0.733. The fraction of sp³-hybridized carbons (Fsp3) is 0.929. The highest BCUT2D eigenvalue weighted by Crippen LogP contribution is 2.34. The first-order valence-electron chi connectivity index (χ1n) is 7.59. The van der Waals surface area contributed by atoms with E-state index in [9.17, 15) is 9.90 Å². The van der Waals surface area contributed by atoms with Crippen LogP contribution >= 0.6 is 24.0 Å². The molecule has 5 nitrogen and oxygen atoms in total. The van der Waals surface area contributed by atoms with Crippen LogP contribution in [-0.2, 0) is 9.53 Å². The highest BCUT2D eigenvalue weighted by molar-refractivity contribution is 6.21. The van der Waals surface area contributed by atoms with E-state index in [2.05, 4.69) is 0 Å². The Morgan fingerprint density at radius 3 is 2.67 bits per heavy atom. The molecule has 0 aromatic rings. The molecule has 2 aliphatic heterocycles. The van der Waals surface area contributed by atoms with Crippen molar-refractivity contribution in [2.75, 3.05) is 13.2 Å². The minimum absolute atomic E-state index is 0. The molecule has 1 unspecified atom stereocenters. The number of rotatable bonds is 2. The van der Waals surface area contributed by atoms with Crippen molar-refractivity contribution in [3.8, 4) is 0 Å². The lowest BCUT2D eigenvalue weighted by atomic mass is 9.83. The van der Waals surface area contributed by atoms with Crippen LogP contribution in [0.15, 0.2) is 0 Å². The molecule has 1 aliphatic carbocycles. The third kappa shape index (κ3) is 3.17. The van der Waals surface area contributed by atoms with Gasteiger partial charge in [0.1, 0.15) is 6.10 Å². The van der Waals surface area contributed by atoms with Gasteiger partial charge in [0, 0.05) is 6.54 Å². The third-order valence-corrected chi connectivity index (χ3v) is 5.39. The second kappa shape index (κ2) is 7.01. The van der Waals surface area contributed by atoms with E-state index in [0.717, 1.165) is 25.7 Å². The molecule has 0 radical (unpaired) electrons. The monoisotopic (exact) mass is 338 g/mol. The molecule has 0 bridgehead atoms. The first-order chi connectivity index (χ1) is 9.59. The predicted octanol–water partition coefficient (Wildman–Crippen LogP) is 0.894. The van der Waals surface area contributed by atoms with Crippen LogP contribution in [0.4, 0.5) is 0 Å². The largest absolute Gasteiger partial charge is 0.388 e. The number of likely N-dealkylation sites (tertiary alicyclic amines) is 1. The van der Waals surface area contributed by atoms with Crippen molar-refractivity contribution in [1.29, 1.82) is 0 Å². The number of alkyl halides is 1. The maximum atomic E-state index is 12.7. The van der Waals surface area contributed by atoms with E-state index in [-0.39, 0.29) is 48.4 Å². The van der Waals surface area contributed by atoms with Crippen LogP contribution in [0.2, 0.25) is 0 Å². The number of halogens is 2. The van der Waals surface area contributed by atoms with Gasteiger partial charge in [-0.25, -0.2) is 0 Å². The SMILES string of the molecule is Cl.NC(C(=O)N1C[C@H](Cl)[C@H]2OC[C@H](O)[C@H]21)C1CCCCC1. The summed E-state index contributed by atoms with van der Waals surface area (Å²) in [5, 5.41) is 9.76. The Balaban J connectivity index is 0.00000161. The van der Waals surface area contributed by atoms with Crippen molar-refractivity contribution < 1.29 is 14.6 Å². The summed E-state index contributed by atoms with van der Waals surface area (Å²) in [7, 11) is 0. The number of nitrogens with two attached hydrogens (primary N) is 1. The summed E-state index contributed by atoms with van der Waals surface area (Å²) in [4.78, 5) is 14.3. The summed E-state index contributed by atoms with van der Waals surface area (Å²) in [5.41, 5.74) is 6.19. The van der Waals surface area contributed by atoms with Crippen molar-refractivity contribution in [1.82, 2.24) is 4.90 Å². The number of carbonyl (C=O) groups is 1. The number of carbonyl (C=O) groups excluding carboxylic acids is 1. The number of aliphatic hydroxyl groups excluding tert-OH is 1. The average Bonchev–Trinajstić information content (AvgIpc) is 3.00. The van der Waals surface area contributed by atoms with Crippen molar-refractivity contribution in [2.45, 2.75) is 61.8 Å². The molecule has 2 heterocycles. The summed E-state index contributed by atoms with van der Waals surface area (Å²) in [6.07, 6.45) is 4.70. The Labute approximate surface area is 136 Å². The number of ether oxygens (including phenoxy) is 1. The summed E-state index contributed by atoms with van der Waals surface area (Å²) in [5.74, 6) is 0.197. The van der Waals surface area contributed by atoms with E-state index in [0.29, 0.717) is 6.54 Å². The molecule has 0 spiro atoms. The number of fused-ring (bicyclic) bond motifs is 1. The molecule has 0 aromatic carbocycles. The van der Waals surface area contributed by atoms with E-state index in [1.165, 1.54) is 6.42 Å². The van der Waals surface area contributed by atoms with Crippen LogP contribution in [0.1, 0.15) is 32.1 Å². The van der Waals surface area contributed by atoms with E-state index >= 15 is 0 Å².